The summed E-state index contributed by atoms with van der Waals surface area (Å²) in [4.78, 5) is 16.4. The first-order valence-electron chi connectivity index (χ1n) is 9.85. The van der Waals surface area contributed by atoms with Crippen LogP contribution in [0.3, 0.4) is 0 Å². The molecule has 0 aliphatic heterocycles. The Hall–Kier alpha value is -1.31. The number of amides is 1. The molecule has 0 saturated heterocycles. The fourth-order valence-electron chi connectivity index (χ4n) is 2.94. The highest BCUT2D eigenvalue weighted by molar-refractivity contribution is 14.0. The number of aliphatic imine (C=N–C) groups is 1. The van der Waals surface area contributed by atoms with Crippen LogP contribution in [0, 0.1) is 11.8 Å². The Morgan fingerprint density at radius 3 is 2.56 bits per heavy atom. The van der Waals surface area contributed by atoms with Gasteiger partial charge in [0.1, 0.15) is 0 Å². The Balaban J connectivity index is 0.00000364. The molecule has 5 nitrogen and oxygen atoms in total. The number of guanidine groups is 1. The second-order valence-electron chi connectivity index (χ2n) is 7.76. The largest absolute Gasteiger partial charge is 0.354 e. The molecule has 0 radical (unpaired) electrons. The molecule has 0 heterocycles. The minimum absolute atomic E-state index is 0. The zero-order valence-electron chi connectivity index (χ0n) is 17.0. The molecule has 0 bridgehead atoms. The summed E-state index contributed by atoms with van der Waals surface area (Å²) >= 11 is 0. The fourth-order valence-corrected chi connectivity index (χ4v) is 2.94. The molecule has 1 unspecified atom stereocenters. The molecular formula is C21H35IN4O. The smallest absolute Gasteiger partial charge is 0.227 e. The highest BCUT2D eigenvalue weighted by Gasteiger charge is 2.25. The Morgan fingerprint density at radius 2 is 1.96 bits per heavy atom. The summed E-state index contributed by atoms with van der Waals surface area (Å²) < 4.78 is 0. The van der Waals surface area contributed by atoms with Crippen LogP contribution in [0.25, 0.3) is 0 Å². The summed E-state index contributed by atoms with van der Waals surface area (Å²) in [6, 6.07) is 8.40. The molecule has 1 aromatic carbocycles. The van der Waals surface area contributed by atoms with Gasteiger partial charge in [0.15, 0.2) is 5.96 Å². The lowest BCUT2D eigenvalue weighted by Gasteiger charge is -2.24. The average Bonchev–Trinajstić information content (AvgIpc) is 2.55. The molecular weight excluding hydrogens is 451 g/mol. The van der Waals surface area contributed by atoms with Crippen LogP contribution in [0.1, 0.15) is 58.4 Å². The molecule has 1 aromatic rings. The SMILES string of the molecule is CN=C(NCc1cccc(NC(=O)C2CCC2)c1)NC(C)CCC(C)C.I. The lowest BCUT2D eigenvalue weighted by molar-refractivity contribution is -0.122. The molecule has 1 atom stereocenters. The van der Waals surface area contributed by atoms with E-state index >= 15 is 0 Å². The van der Waals surface area contributed by atoms with Crippen molar-refractivity contribution in [3.63, 3.8) is 0 Å². The van der Waals surface area contributed by atoms with Gasteiger partial charge in [-0.1, -0.05) is 32.4 Å². The number of benzene rings is 1. The van der Waals surface area contributed by atoms with Gasteiger partial charge in [-0.05, 0) is 56.2 Å². The molecule has 3 N–H and O–H groups in total. The third-order valence-electron chi connectivity index (χ3n) is 4.91. The summed E-state index contributed by atoms with van der Waals surface area (Å²) in [5.41, 5.74) is 1.99. The molecule has 1 amide bonds. The van der Waals surface area contributed by atoms with Crippen LogP contribution in [0.15, 0.2) is 29.3 Å². The number of anilines is 1. The molecule has 6 heteroatoms. The van der Waals surface area contributed by atoms with Crippen molar-refractivity contribution in [1.29, 1.82) is 0 Å². The van der Waals surface area contributed by atoms with Crippen molar-refractivity contribution in [2.24, 2.45) is 16.8 Å². The number of nitrogens with zero attached hydrogens (tertiary/aromatic N) is 1. The van der Waals surface area contributed by atoms with Crippen molar-refractivity contribution in [2.45, 2.75) is 65.5 Å². The van der Waals surface area contributed by atoms with E-state index in [0.717, 1.165) is 36.5 Å². The molecule has 27 heavy (non-hydrogen) atoms. The van der Waals surface area contributed by atoms with Crippen LogP contribution in [0.4, 0.5) is 5.69 Å². The highest BCUT2D eigenvalue weighted by atomic mass is 127. The zero-order chi connectivity index (χ0) is 18.9. The van der Waals surface area contributed by atoms with E-state index in [1.165, 1.54) is 12.8 Å². The predicted molar refractivity (Wildman–Crippen MR) is 125 cm³/mol. The van der Waals surface area contributed by atoms with Crippen LogP contribution in [0.5, 0.6) is 0 Å². The van der Waals surface area contributed by atoms with E-state index in [4.69, 9.17) is 0 Å². The summed E-state index contributed by atoms with van der Waals surface area (Å²) in [7, 11) is 1.79. The maximum atomic E-state index is 12.1. The van der Waals surface area contributed by atoms with E-state index in [1.54, 1.807) is 7.05 Å². The van der Waals surface area contributed by atoms with Gasteiger partial charge in [-0.15, -0.1) is 24.0 Å². The second kappa shape index (κ2) is 12.2. The fraction of sp³-hybridized carbons (Fsp3) is 0.619. The van der Waals surface area contributed by atoms with Gasteiger partial charge in [-0.3, -0.25) is 9.79 Å². The van der Waals surface area contributed by atoms with Crippen LogP contribution in [-0.4, -0.2) is 25.0 Å². The first-order valence-corrected chi connectivity index (χ1v) is 9.85. The van der Waals surface area contributed by atoms with E-state index in [-0.39, 0.29) is 35.8 Å². The minimum atomic E-state index is 0. The normalized spacial score (nSPS) is 15.5. The Morgan fingerprint density at radius 1 is 1.22 bits per heavy atom. The van der Waals surface area contributed by atoms with Crippen molar-refractivity contribution in [3.05, 3.63) is 29.8 Å². The number of halogens is 1. The molecule has 2 rings (SSSR count). The molecule has 1 aliphatic rings. The van der Waals surface area contributed by atoms with E-state index in [0.29, 0.717) is 18.5 Å². The van der Waals surface area contributed by atoms with Crippen LogP contribution < -0.4 is 16.0 Å². The van der Waals surface area contributed by atoms with E-state index < -0.39 is 0 Å². The predicted octanol–water partition coefficient (Wildman–Crippen LogP) is 4.53. The summed E-state index contributed by atoms with van der Waals surface area (Å²) in [5, 5.41) is 9.83. The number of hydrogen-bond donors (Lipinski definition) is 3. The summed E-state index contributed by atoms with van der Waals surface area (Å²) in [5.74, 6) is 1.88. The van der Waals surface area contributed by atoms with E-state index in [1.807, 2.05) is 18.2 Å². The van der Waals surface area contributed by atoms with Crippen molar-refractivity contribution in [1.82, 2.24) is 10.6 Å². The van der Waals surface area contributed by atoms with Gasteiger partial charge in [-0.2, -0.15) is 0 Å². The second-order valence-corrected chi connectivity index (χ2v) is 7.76. The Labute approximate surface area is 181 Å². The van der Waals surface area contributed by atoms with Gasteiger partial charge in [-0.25, -0.2) is 0 Å². The first-order chi connectivity index (χ1) is 12.5. The summed E-state index contributed by atoms with van der Waals surface area (Å²) in [6.45, 7) is 7.35. The van der Waals surface area contributed by atoms with Crippen LogP contribution in [-0.2, 0) is 11.3 Å². The molecule has 0 spiro atoms. The van der Waals surface area contributed by atoms with Gasteiger partial charge in [0.05, 0.1) is 0 Å². The monoisotopic (exact) mass is 486 g/mol. The van der Waals surface area contributed by atoms with Crippen LogP contribution >= 0.6 is 24.0 Å². The number of rotatable bonds is 8. The number of nitrogens with one attached hydrogen (secondary N) is 3. The number of carbonyl (C=O) groups is 1. The minimum Gasteiger partial charge on any atom is -0.354 e. The van der Waals surface area contributed by atoms with Crippen molar-refractivity contribution < 1.29 is 4.79 Å². The number of carbonyl (C=O) groups excluding carboxylic acids is 1. The number of hydrogen-bond acceptors (Lipinski definition) is 2. The maximum Gasteiger partial charge on any atom is 0.227 e. The quantitative estimate of drug-likeness (QED) is 0.287. The van der Waals surface area contributed by atoms with Gasteiger partial charge in [0.25, 0.3) is 0 Å². The van der Waals surface area contributed by atoms with E-state index in [9.17, 15) is 4.79 Å². The lowest BCUT2D eigenvalue weighted by atomic mass is 9.85. The van der Waals surface area contributed by atoms with Gasteiger partial charge >= 0.3 is 0 Å². The third kappa shape index (κ3) is 8.49. The molecule has 1 fully saturated rings. The molecule has 152 valence electrons. The first kappa shape index (κ1) is 23.7. The van der Waals surface area contributed by atoms with Crippen molar-refractivity contribution in [3.8, 4) is 0 Å². The van der Waals surface area contributed by atoms with Crippen molar-refractivity contribution in [2.75, 3.05) is 12.4 Å². The van der Waals surface area contributed by atoms with Gasteiger partial charge in [0, 0.05) is 31.2 Å². The topological polar surface area (TPSA) is 65.5 Å². The Kier molecular flexibility index (Phi) is 10.7. The van der Waals surface area contributed by atoms with Crippen molar-refractivity contribution >= 4 is 41.5 Å². The summed E-state index contributed by atoms with van der Waals surface area (Å²) in [6.07, 6.45) is 5.53. The molecule has 1 saturated carbocycles. The third-order valence-corrected chi connectivity index (χ3v) is 4.91. The molecule has 0 aromatic heterocycles. The Bertz CT molecular complexity index is 614. The average molecular weight is 486 g/mol. The standard InChI is InChI=1S/C21H34N4O.HI/c1-15(2)11-12-16(3)24-21(22-4)23-14-17-7-5-10-19(13-17)25-20(26)18-8-6-9-18;/h5,7,10,13,15-16,18H,6,8-9,11-12,14H2,1-4H3,(H,25,26)(H2,22,23,24);1H. The highest BCUT2D eigenvalue weighted by Crippen LogP contribution is 2.27. The zero-order valence-corrected chi connectivity index (χ0v) is 19.4. The van der Waals surface area contributed by atoms with Gasteiger partial charge in [0.2, 0.25) is 5.91 Å². The molecule has 1 aliphatic carbocycles. The van der Waals surface area contributed by atoms with Crippen LogP contribution in [0.2, 0.25) is 0 Å². The van der Waals surface area contributed by atoms with E-state index in [2.05, 4.69) is 47.8 Å². The lowest BCUT2D eigenvalue weighted by Crippen LogP contribution is -2.41. The van der Waals surface area contributed by atoms with Gasteiger partial charge < -0.3 is 16.0 Å². The maximum absolute atomic E-state index is 12.1.